The Labute approximate surface area is 165 Å². The summed E-state index contributed by atoms with van der Waals surface area (Å²) in [5, 5.41) is 0. The highest BCUT2D eigenvalue weighted by Crippen LogP contribution is 2.21. The van der Waals surface area contributed by atoms with Gasteiger partial charge in [-0.25, -0.2) is 0 Å². The molecule has 0 aliphatic carbocycles. The van der Waals surface area contributed by atoms with Crippen molar-refractivity contribution in [1.29, 1.82) is 0 Å². The zero-order chi connectivity index (χ0) is 20.7. The molecule has 7 heteroatoms. The van der Waals surface area contributed by atoms with E-state index in [4.69, 9.17) is 14.2 Å². The van der Waals surface area contributed by atoms with Crippen LogP contribution in [0.25, 0.3) is 0 Å². The first-order valence-electron chi connectivity index (χ1n) is 8.95. The van der Waals surface area contributed by atoms with Crippen molar-refractivity contribution in [2.75, 3.05) is 7.11 Å². The van der Waals surface area contributed by atoms with Gasteiger partial charge in [-0.15, -0.1) is 0 Å². The van der Waals surface area contributed by atoms with Gasteiger partial charge in [-0.3, -0.25) is 20.4 Å². The van der Waals surface area contributed by atoms with E-state index in [2.05, 4.69) is 10.9 Å². The van der Waals surface area contributed by atoms with Crippen LogP contribution in [0.3, 0.4) is 0 Å². The van der Waals surface area contributed by atoms with E-state index in [-0.39, 0.29) is 0 Å². The molecule has 0 fully saturated rings. The molecule has 7 nitrogen and oxygen atoms in total. The Kier molecular flexibility index (Phi) is 7.26. The zero-order valence-corrected chi connectivity index (χ0v) is 16.7. The molecule has 0 radical (unpaired) electrons. The molecule has 2 aromatic carbocycles. The van der Waals surface area contributed by atoms with Gasteiger partial charge in [-0.2, -0.15) is 0 Å². The minimum atomic E-state index is -0.802. The summed E-state index contributed by atoms with van der Waals surface area (Å²) in [6.07, 6.45) is -1.58. The lowest BCUT2D eigenvalue weighted by molar-refractivity contribution is -0.135. The molecule has 2 rings (SSSR count). The van der Waals surface area contributed by atoms with Crippen LogP contribution in [0.4, 0.5) is 0 Å². The lowest BCUT2D eigenvalue weighted by Crippen LogP contribution is -2.50. The van der Waals surface area contributed by atoms with E-state index in [1.165, 1.54) is 0 Å². The molecule has 2 N–H and O–H groups in total. The van der Waals surface area contributed by atoms with Crippen LogP contribution in [-0.2, 0) is 9.59 Å². The highest BCUT2D eigenvalue weighted by molar-refractivity contribution is 5.86. The predicted molar refractivity (Wildman–Crippen MR) is 105 cm³/mol. The van der Waals surface area contributed by atoms with Crippen molar-refractivity contribution in [3.8, 4) is 17.2 Å². The third-order valence-corrected chi connectivity index (χ3v) is 4.28. The maximum atomic E-state index is 12.2. The fourth-order valence-corrected chi connectivity index (χ4v) is 2.33. The highest BCUT2D eigenvalue weighted by Gasteiger charge is 2.19. The maximum absolute atomic E-state index is 12.2. The van der Waals surface area contributed by atoms with Gasteiger partial charge in [0.25, 0.3) is 11.8 Å². The molecule has 0 saturated carbocycles. The summed E-state index contributed by atoms with van der Waals surface area (Å²) in [5.41, 5.74) is 6.75. The molecule has 2 amide bonds. The monoisotopic (exact) mass is 386 g/mol. The minimum Gasteiger partial charge on any atom is -0.497 e. The van der Waals surface area contributed by atoms with Crippen molar-refractivity contribution in [3.63, 3.8) is 0 Å². The van der Waals surface area contributed by atoms with Crippen LogP contribution >= 0.6 is 0 Å². The third kappa shape index (κ3) is 5.64. The molecule has 0 aliphatic heterocycles. The fourth-order valence-electron chi connectivity index (χ4n) is 2.33. The van der Waals surface area contributed by atoms with Gasteiger partial charge < -0.3 is 14.2 Å². The van der Waals surface area contributed by atoms with Crippen molar-refractivity contribution >= 4 is 11.8 Å². The molecule has 0 aromatic heterocycles. The number of benzene rings is 2. The van der Waals surface area contributed by atoms with Crippen LogP contribution in [0.2, 0.25) is 0 Å². The predicted octanol–water partition coefficient (Wildman–Crippen LogP) is 2.69. The Bertz CT molecular complexity index is 820. The summed E-state index contributed by atoms with van der Waals surface area (Å²) in [6, 6.07) is 12.5. The van der Waals surface area contributed by atoms with E-state index >= 15 is 0 Å². The van der Waals surface area contributed by atoms with Crippen molar-refractivity contribution in [3.05, 3.63) is 53.6 Å². The van der Waals surface area contributed by atoms with Crippen LogP contribution in [0.15, 0.2) is 42.5 Å². The summed E-state index contributed by atoms with van der Waals surface area (Å²) in [5.74, 6) is 0.884. The Morgan fingerprint density at radius 2 is 1.36 bits per heavy atom. The number of hydrogen-bond donors (Lipinski definition) is 2. The molecule has 150 valence electrons. The number of hydrazine groups is 1. The Hall–Kier alpha value is -3.22. The second-order valence-corrected chi connectivity index (χ2v) is 6.37. The third-order valence-electron chi connectivity index (χ3n) is 4.28. The van der Waals surface area contributed by atoms with E-state index in [1.54, 1.807) is 51.3 Å². The van der Waals surface area contributed by atoms with E-state index in [0.717, 1.165) is 11.1 Å². The first kappa shape index (κ1) is 21.1. The average molecular weight is 386 g/mol. The Balaban J connectivity index is 1.83. The molecule has 2 aromatic rings. The molecule has 0 heterocycles. The number of aryl methyl sites for hydroxylation is 1. The van der Waals surface area contributed by atoms with E-state index < -0.39 is 24.0 Å². The SMILES string of the molecule is COc1ccc(OC(C)C(=O)NNC(=O)C(C)Oc2cccc(C)c2C)cc1. The average Bonchev–Trinajstić information content (AvgIpc) is 2.69. The van der Waals surface area contributed by atoms with Crippen LogP contribution in [-0.4, -0.2) is 31.1 Å². The highest BCUT2D eigenvalue weighted by atomic mass is 16.5. The fraction of sp³-hybridized carbons (Fsp3) is 0.333. The number of ether oxygens (including phenoxy) is 3. The van der Waals surface area contributed by atoms with Gasteiger partial charge >= 0.3 is 0 Å². The van der Waals surface area contributed by atoms with Gasteiger partial charge in [-0.1, -0.05) is 12.1 Å². The number of methoxy groups -OCH3 is 1. The zero-order valence-electron chi connectivity index (χ0n) is 16.7. The molecule has 0 spiro atoms. The van der Waals surface area contributed by atoms with Crippen LogP contribution < -0.4 is 25.1 Å². The van der Waals surface area contributed by atoms with Crippen molar-refractivity contribution in [2.24, 2.45) is 0 Å². The molecule has 0 bridgehead atoms. The summed E-state index contributed by atoms with van der Waals surface area (Å²) in [4.78, 5) is 24.3. The van der Waals surface area contributed by atoms with E-state index in [0.29, 0.717) is 17.2 Å². The normalized spacial score (nSPS) is 12.5. The first-order chi connectivity index (χ1) is 13.3. The molecular weight excluding hydrogens is 360 g/mol. The second kappa shape index (κ2) is 9.64. The standard InChI is InChI=1S/C21H26N2O5/c1-13-7-6-8-19(14(13)2)28-16(4)21(25)23-22-20(24)15(3)27-18-11-9-17(26-5)10-12-18/h6-12,15-16H,1-5H3,(H,22,24)(H,23,25). The topological polar surface area (TPSA) is 85.9 Å². The number of nitrogens with one attached hydrogen (secondary N) is 2. The number of rotatable bonds is 7. The van der Waals surface area contributed by atoms with Crippen molar-refractivity contribution in [2.45, 2.75) is 39.9 Å². The smallest absolute Gasteiger partial charge is 0.279 e. The molecule has 0 saturated heterocycles. The summed E-state index contributed by atoms with van der Waals surface area (Å²) in [6.45, 7) is 7.09. The lowest BCUT2D eigenvalue weighted by atomic mass is 10.1. The maximum Gasteiger partial charge on any atom is 0.279 e. The van der Waals surface area contributed by atoms with Gasteiger partial charge in [0, 0.05) is 0 Å². The quantitative estimate of drug-likeness (QED) is 0.715. The number of carbonyl (C=O) groups is 2. The lowest BCUT2D eigenvalue weighted by Gasteiger charge is -2.19. The Morgan fingerprint density at radius 3 is 1.93 bits per heavy atom. The van der Waals surface area contributed by atoms with Crippen LogP contribution in [0, 0.1) is 13.8 Å². The largest absolute Gasteiger partial charge is 0.497 e. The van der Waals surface area contributed by atoms with Crippen LogP contribution in [0.5, 0.6) is 17.2 Å². The molecule has 2 unspecified atom stereocenters. The van der Waals surface area contributed by atoms with Gasteiger partial charge in [-0.05, 0) is 69.2 Å². The van der Waals surface area contributed by atoms with E-state index in [1.807, 2.05) is 26.0 Å². The number of carbonyl (C=O) groups excluding carboxylic acids is 2. The summed E-state index contributed by atoms with van der Waals surface area (Å²) < 4.78 is 16.3. The van der Waals surface area contributed by atoms with Gasteiger partial charge in [0.05, 0.1) is 7.11 Å². The van der Waals surface area contributed by atoms with Crippen molar-refractivity contribution in [1.82, 2.24) is 10.9 Å². The summed E-state index contributed by atoms with van der Waals surface area (Å²) in [7, 11) is 1.57. The Morgan fingerprint density at radius 1 is 0.821 bits per heavy atom. The van der Waals surface area contributed by atoms with Crippen molar-refractivity contribution < 1.29 is 23.8 Å². The minimum absolute atomic E-state index is 0.467. The second-order valence-electron chi connectivity index (χ2n) is 6.37. The molecule has 2 atom stereocenters. The molecule has 28 heavy (non-hydrogen) atoms. The van der Waals surface area contributed by atoms with E-state index in [9.17, 15) is 9.59 Å². The van der Waals surface area contributed by atoms with Gasteiger partial charge in [0.15, 0.2) is 12.2 Å². The number of amides is 2. The molecule has 0 aliphatic rings. The van der Waals surface area contributed by atoms with Crippen LogP contribution in [0.1, 0.15) is 25.0 Å². The van der Waals surface area contributed by atoms with Gasteiger partial charge in [0.2, 0.25) is 0 Å². The molecular formula is C21H26N2O5. The van der Waals surface area contributed by atoms with Gasteiger partial charge in [0.1, 0.15) is 17.2 Å². The summed E-state index contributed by atoms with van der Waals surface area (Å²) >= 11 is 0. The first-order valence-corrected chi connectivity index (χ1v) is 8.95. The number of hydrogen-bond acceptors (Lipinski definition) is 5.